The lowest BCUT2D eigenvalue weighted by atomic mass is 10.1. The molecule has 2 saturated heterocycles. The number of hydrogen-bond acceptors (Lipinski definition) is 5. The fraction of sp³-hybridized carbons (Fsp3) is 0.292. The number of benzene rings is 2. The van der Waals surface area contributed by atoms with Crippen LogP contribution in [-0.2, 0) is 16.2 Å². The van der Waals surface area contributed by atoms with Gasteiger partial charge in [0.2, 0.25) is 5.91 Å². The third-order valence-corrected chi connectivity index (χ3v) is 6.97. The van der Waals surface area contributed by atoms with Crippen LogP contribution >= 0.6 is 35.0 Å². The predicted octanol–water partition coefficient (Wildman–Crippen LogP) is 5.62. The van der Waals surface area contributed by atoms with Crippen molar-refractivity contribution in [1.29, 1.82) is 0 Å². The highest BCUT2D eigenvalue weighted by molar-refractivity contribution is 8.18. The van der Waals surface area contributed by atoms with Crippen LogP contribution in [0.3, 0.4) is 0 Å². The van der Waals surface area contributed by atoms with E-state index in [0.29, 0.717) is 34.4 Å². The normalized spacial score (nSPS) is 17.7. The molecule has 2 aromatic carbocycles. The first-order valence-corrected chi connectivity index (χ1v) is 12.2. The molecule has 9 heteroatoms. The maximum atomic E-state index is 12.9. The van der Waals surface area contributed by atoms with E-state index in [1.165, 1.54) is 0 Å². The lowest BCUT2D eigenvalue weighted by Gasteiger charge is -2.27. The summed E-state index contributed by atoms with van der Waals surface area (Å²) >= 11 is 13.0. The summed E-state index contributed by atoms with van der Waals surface area (Å²) in [6.45, 7) is 1.34. The fourth-order valence-corrected chi connectivity index (χ4v) is 4.97. The lowest BCUT2D eigenvalue weighted by molar-refractivity contribution is -0.136. The minimum atomic E-state index is -0.467. The van der Waals surface area contributed by atoms with Crippen molar-refractivity contribution < 1.29 is 19.1 Å². The summed E-state index contributed by atoms with van der Waals surface area (Å²) in [6, 6.07) is 12.4. The van der Waals surface area contributed by atoms with Gasteiger partial charge in [0.25, 0.3) is 11.1 Å². The number of piperidine rings is 1. The average molecular weight is 505 g/mol. The number of likely N-dealkylation sites (tertiary alicyclic amines) is 1. The Hall–Kier alpha value is -2.48. The van der Waals surface area contributed by atoms with Gasteiger partial charge in [-0.1, -0.05) is 47.5 Å². The Balaban J connectivity index is 1.47. The standard InChI is InChI=1S/C24H22Cl2N2O4S/c25-18-9-8-17(19(26)13-18)15-32-20-7-3-2-6-16(20)12-21-23(30)28(24(31)33-21)14-22(29)27-10-4-1-5-11-27/h2-3,6-9,12-13H,1,4-5,10-11,14-15H2/b21-12-. The largest absolute Gasteiger partial charge is 0.488 e. The monoisotopic (exact) mass is 504 g/mol. The molecule has 172 valence electrons. The molecule has 2 aliphatic rings. The first-order valence-electron chi connectivity index (χ1n) is 10.6. The number of carbonyl (C=O) groups is 3. The number of halogens is 2. The molecule has 2 aromatic rings. The highest BCUT2D eigenvalue weighted by atomic mass is 35.5. The number of nitrogens with zero attached hydrogens (tertiary/aromatic N) is 2. The van der Waals surface area contributed by atoms with Crippen molar-refractivity contribution in [3.8, 4) is 5.75 Å². The zero-order valence-corrected chi connectivity index (χ0v) is 20.1. The number of hydrogen-bond donors (Lipinski definition) is 0. The third kappa shape index (κ3) is 5.72. The van der Waals surface area contributed by atoms with Crippen molar-refractivity contribution in [2.75, 3.05) is 19.6 Å². The van der Waals surface area contributed by atoms with E-state index in [1.54, 1.807) is 41.3 Å². The Labute approximate surface area is 206 Å². The van der Waals surface area contributed by atoms with Crippen LogP contribution in [0.1, 0.15) is 30.4 Å². The minimum Gasteiger partial charge on any atom is -0.488 e. The van der Waals surface area contributed by atoms with E-state index in [1.807, 2.05) is 12.1 Å². The Bertz CT molecular complexity index is 1120. The van der Waals surface area contributed by atoms with Gasteiger partial charge in [-0.15, -0.1) is 0 Å². The van der Waals surface area contributed by atoms with Gasteiger partial charge in [0.15, 0.2) is 0 Å². The van der Waals surface area contributed by atoms with Gasteiger partial charge < -0.3 is 9.64 Å². The van der Waals surface area contributed by atoms with Gasteiger partial charge in [0.05, 0.1) is 4.91 Å². The van der Waals surface area contributed by atoms with Crippen LogP contribution in [0.15, 0.2) is 47.4 Å². The summed E-state index contributed by atoms with van der Waals surface area (Å²) in [5.41, 5.74) is 1.42. The summed E-state index contributed by atoms with van der Waals surface area (Å²) in [5, 5.41) is 0.598. The quantitative estimate of drug-likeness (QED) is 0.477. The van der Waals surface area contributed by atoms with Crippen LogP contribution < -0.4 is 4.74 Å². The number of amides is 3. The molecule has 6 nitrogen and oxygen atoms in total. The smallest absolute Gasteiger partial charge is 0.294 e. The molecule has 0 aromatic heterocycles. The molecule has 2 heterocycles. The summed E-state index contributed by atoms with van der Waals surface area (Å²) in [5.74, 6) is -0.118. The van der Waals surface area contributed by atoms with Crippen molar-refractivity contribution in [1.82, 2.24) is 9.80 Å². The van der Waals surface area contributed by atoms with Gasteiger partial charge in [-0.3, -0.25) is 19.3 Å². The van der Waals surface area contributed by atoms with Crippen molar-refractivity contribution >= 4 is 58.1 Å². The van der Waals surface area contributed by atoms with E-state index in [-0.39, 0.29) is 24.0 Å². The molecule has 2 aliphatic heterocycles. The third-order valence-electron chi connectivity index (χ3n) is 5.48. The maximum Gasteiger partial charge on any atom is 0.294 e. The molecule has 0 aliphatic carbocycles. The second-order valence-electron chi connectivity index (χ2n) is 7.77. The second-order valence-corrected chi connectivity index (χ2v) is 9.61. The molecule has 0 radical (unpaired) electrons. The van der Waals surface area contributed by atoms with E-state index < -0.39 is 11.1 Å². The lowest BCUT2D eigenvalue weighted by Crippen LogP contribution is -2.44. The number of ether oxygens (including phenoxy) is 1. The number of imide groups is 1. The summed E-state index contributed by atoms with van der Waals surface area (Å²) in [4.78, 5) is 40.9. The van der Waals surface area contributed by atoms with Gasteiger partial charge in [-0.05, 0) is 55.3 Å². The van der Waals surface area contributed by atoms with Crippen LogP contribution in [0, 0.1) is 0 Å². The molecular weight excluding hydrogens is 483 g/mol. The molecule has 0 N–H and O–H groups in total. The van der Waals surface area contributed by atoms with Gasteiger partial charge in [-0.25, -0.2) is 0 Å². The fourth-order valence-electron chi connectivity index (χ4n) is 3.68. The van der Waals surface area contributed by atoms with Gasteiger partial charge in [0.1, 0.15) is 18.9 Å². The molecule has 0 spiro atoms. The maximum absolute atomic E-state index is 12.9. The molecule has 4 rings (SSSR count). The Morgan fingerprint density at radius 2 is 1.82 bits per heavy atom. The van der Waals surface area contributed by atoms with Gasteiger partial charge in [0, 0.05) is 34.3 Å². The van der Waals surface area contributed by atoms with Crippen LogP contribution in [0.5, 0.6) is 5.75 Å². The summed E-state index contributed by atoms with van der Waals surface area (Å²) in [6.07, 6.45) is 4.62. The Kier molecular flexibility index (Phi) is 7.63. The van der Waals surface area contributed by atoms with E-state index in [2.05, 4.69) is 0 Å². The van der Waals surface area contributed by atoms with Crippen LogP contribution in [-0.4, -0.2) is 46.5 Å². The zero-order chi connectivity index (χ0) is 23.4. The number of para-hydroxylation sites is 1. The van der Waals surface area contributed by atoms with E-state index in [0.717, 1.165) is 41.5 Å². The average Bonchev–Trinajstić information content (AvgIpc) is 3.07. The minimum absolute atomic E-state index is 0.193. The van der Waals surface area contributed by atoms with Crippen molar-refractivity contribution in [2.24, 2.45) is 0 Å². The van der Waals surface area contributed by atoms with Gasteiger partial charge in [-0.2, -0.15) is 0 Å². The molecule has 0 bridgehead atoms. The molecule has 0 saturated carbocycles. The zero-order valence-electron chi connectivity index (χ0n) is 17.8. The Morgan fingerprint density at radius 1 is 1.06 bits per heavy atom. The van der Waals surface area contributed by atoms with Crippen molar-refractivity contribution in [3.05, 3.63) is 68.5 Å². The molecule has 3 amide bonds. The molecular formula is C24H22Cl2N2O4S. The summed E-state index contributed by atoms with van der Waals surface area (Å²) in [7, 11) is 0. The topological polar surface area (TPSA) is 66.9 Å². The number of carbonyl (C=O) groups excluding carboxylic acids is 3. The first kappa shape index (κ1) is 23.7. The highest BCUT2D eigenvalue weighted by Crippen LogP contribution is 2.34. The van der Waals surface area contributed by atoms with Crippen LogP contribution in [0.4, 0.5) is 4.79 Å². The molecule has 0 unspecified atom stereocenters. The van der Waals surface area contributed by atoms with Crippen LogP contribution in [0.2, 0.25) is 10.0 Å². The molecule has 0 atom stereocenters. The van der Waals surface area contributed by atoms with Crippen molar-refractivity contribution in [3.63, 3.8) is 0 Å². The predicted molar refractivity (Wildman–Crippen MR) is 130 cm³/mol. The molecule has 33 heavy (non-hydrogen) atoms. The van der Waals surface area contributed by atoms with Crippen molar-refractivity contribution in [2.45, 2.75) is 25.9 Å². The van der Waals surface area contributed by atoms with E-state index >= 15 is 0 Å². The van der Waals surface area contributed by atoms with Crippen LogP contribution in [0.25, 0.3) is 6.08 Å². The Morgan fingerprint density at radius 3 is 2.58 bits per heavy atom. The van der Waals surface area contributed by atoms with E-state index in [9.17, 15) is 14.4 Å². The van der Waals surface area contributed by atoms with Gasteiger partial charge >= 0.3 is 0 Å². The highest BCUT2D eigenvalue weighted by Gasteiger charge is 2.37. The second kappa shape index (κ2) is 10.6. The first-order chi connectivity index (χ1) is 15.9. The van der Waals surface area contributed by atoms with E-state index in [4.69, 9.17) is 27.9 Å². The summed E-state index contributed by atoms with van der Waals surface area (Å²) < 4.78 is 5.94. The number of rotatable bonds is 6. The number of thioether (sulfide) groups is 1. The molecule has 2 fully saturated rings. The SMILES string of the molecule is O=C(CN1C(=O)S/C(=C\c2ccccc2OCc2ccc(Cl)cc2Cl)C1=O)N1CCCCC1.